The van der Waals surface area contributed by atoms with Crippen molar-refractivity contribution in [2.75, 3.05) is 25.7 Å². The van der Waals surface area contributed by atoms with Gasteiger partial charge in [-0.15, -0.1) is 0 Å². The monoisotopic (exact) mass is 612 g/mol. The van der Waals surface area contributed by atoms with E-state index >= 15 is 0 Å². The van der Waals surface area contributed by atoms with Crippen LogP contribution >= 0.6 is 45.8 Å². The third-order valence-electron chi connectivity index (χ3n) is 4.89. The van der Waals surface area contributed by atoms with Crippen LogP contribution in [0.2, 0.25) is 10.0 Å². The standard InChI is InChI=1S/C20H19Cl2IN2O6S/c1-30-19(31-2)11-24(32(28,29)17-9-12(21)3-8-15(17)22)16-10-18(26)25(20(16)27)14-6-4-13(23)5-7-14/h3-9,16,19H,10-11H2,1-2H3. The Labute approximate surface area is 209 Å². The molecule has 1 aliphatic rings. The first-order chi connectivity index (χ1) is 15.1. The number of methoxy groups -OCH3 is 2. The van der Waals surface area contributed by atoms with Gasteiger partial charge in [0, 0.05) is 22.8 Å². The van der Waals surface area contributed by atoms with Gasteiger partial charge < -0.3 is 9.47 Å². The van der Waals surface area contributed by atoms with Gasteiger partial charge in [-0.3, -0.25) is 9.59 Å². The highest BCUT2D eigenvalue weighted by atomic mass is 127. The van der Waals surface area contributed by atoms with Crippen LogP contribution in [-0.4, -0.2) is 57.6 Å². The van der Waals surface area contributed by atoms with Crippen molar-refractivity contribution in [1.82, 2.24) is 4.31 Å². The molecule has 1 saturated heterocycles. The Morgan fingerprint density at radius 1 is 1.12 bits per heavy atom. The molecule has 3 rings (SSSR count). The first-order valence-corrected chi connectivity index (χ1v) is 12.5. The zero-order chi connectivity index (χ0) is 23.6. The van der Waals surface area contributed by atoms with Gasteiger partial charge in [-0.25, -0.2) is 13.3 Å². The molecule has 0 radical (unpaired) electrons. The molecule has 0 saturated carbocycles. The molecule has 2 aromatic carbocycles. The molecule has 8 nitrogen and oxygen atoms in total. The largest absolute Gasteiger partial charge is 0.354 e. The number of imide groups is 1. The van der Waals surface area contributed by atoms with Gasteiger partial charge in [0.15, 0.2) is 6.29 Å². The smallest absolute Gasteiger partial charge is 0.252 e. The van der Waals surface area contributed by atoms with E-state index in [-0.39, 0.29) is 27.9 Å². The fourth-order valence-corrected chi connectivity index (χ4v) is 5.96. The molecular formula is C20H19Cl2IN2O6S. The number of carbonyl (C=O) groups excluding carboxylic acids is 2. The molecule has 0 bridgehead atoms. The Hall–Kier alpha value is -1.28. The Morgan fingerprint density at radius 3 is 2.34 bits per heavy atom. The van der Waals surface area contributed by atoms with E-state index in [0.717, 1.165) is 12.8 Å². The second kappa shape index (κ2) is 10.3. The minimum absolute atomic E-state index is 0.0722. The molecule has 2 aromatic rings. The summed E-state index contributed by atoms with van der Waals surface area (Å²) in [7, 11) is -1.69. The predicted octanol–water partition coefficient (Wildman–Crippen LogP) is 3.54. The van der Waals surface area contributed by atoms with Gasteiger partial charge in [0.25, 0.3) is 5.91 Å². The lowest BCUT2D eigenvalue weighted by molar-refractivity contribution is -0.125. The van der Waals surface area contributed by atoms with Gasteiger partial charge in [-0.1, -0.05) is 23.2 Å². The van der Waals surface area contributed by atoms with E-state index < -0.39 is 34.2 Å². The number of amides is 2. The number of sulfonamides is 1. The molecule has 0 spiro atoms. The topological polar surface area (TPSA) is 93.2 Å². The number of anilines is 1. The van der Waals surface area contributed by atoms with Crippen molar-refractivity contribution in [2.24, 2.45) is 0 Å². The van der Waals surface area contributed by atoms with Crippen LogP contribution in [0.25, 0.3) is 0 Å². The minimum atomic E-state index is -4.37. The summed E-state index contributed by atoms with van der Waals surface area (Å²) in [5.74, 6) is -1.20. The minimum Gasteiger partial charge on any atom is -0.354 e. The Balaban J connectivity index is 2.06. The van der Waals surface area contributed by atoms with E-state index in [9.17, 15) is 18.0 Å². The number of rotatable bonds is 8. The molecule has 0 N–H and O–H groups in total. The number of hydrogen-bond acceptors (Lipinski definition) is 6. The number of ether oxygens (including phenoxy) is 2. The van der Waals surface area contributed by atoms with Crippen LogP contribution in [0.1, 0.15) is 6.42 Å². The molecule has 0 aromatic heterocycles. The molecule has 1 aliphatic heterocycles. The van der Waals surface area contributed by atoms with Gasteiger partial charge in [0.1, 0.15) is 10.9 Å². The van der Waals surface area contributed by atoms with Gasteiger partial charge in [-0.05, 0) is 65.1 Å². The summed E-state index contributed by atoms with van der Waals surface area (Å²) in [5.41, 5.74) is 0.357. The molecule has 172 valence electrons. The normalized spacial score (nSPS) is 17.1. The molecule has 2 amide bonds. The average Bonchev–Trinajstić information content (AvgIpc) is 3.04. The quantitative estimate of drug-likeness (QED) is 0.257. The van der Waals surface area contributed by atoms with Crippen molar-refractivity contribution in [3.8, 4) is 0 Å². The second-order valence-electron chi connectivity index (χ2n) is 6.81. The maximum atomic E-state index is 13.6. The van der Waals surface area contributed by atoms with Crippen LogP contribution in [0.3, 0.4) is 0 Å². The van der Waals surface area contributed by atoms with E-state index in [1.54, 1.807) is 24.3 Å². The molecule has 1 fully saturated rings. The highest BCUT2D eigenvalue weighted by molar-refractivity contribution is 14.1. The molecular weight excluding hydrogens is 594 g/mol. The maximum Gasteiger partial charge on any atom is 0.252 e. The third-order valence-corrected chi connectivity index (χ3v) is 8.20. The van der Waals surface area contributed by atoms with Crippen molar-refractivity contribution in [3.63, 3.8) is 0 Å². The summed E-state index contributed by atoms with van der Waals surface area (Å²) in [4.78, 5) is 26.8. The van der Waals surface area contributed by atoms with Crippen molar-refractivity contribution in [3.05, 3.63) is 56.1 Å². The van der Waals surface area contributed by atoms with Gasteiger partial charge in [0.05, 0.1) is 23.7 Å². The average molecular weight is 613 g/mol. The fourth-order valence-electron chi connectivity index (χ4n) is 3.29. The van der Waals surface area contributed by atoms with Gasteiger partial charge in [0.2, 0.25) is 15.9 Å². The summed E-state index contributed by atoms with van der Waals surface area (Å²) >= 11 is 14.2. The van der Waals surface area contributed by atoms with E-state index in [1.165, 1.54) is 32.4 Å². The highest BCUT2D eigenvalue weighted by Crippen LogP contribution is 2.33. The first-order valence-electron chi connectivity index (χ1n) is 9.25. The molecule has 1 atom stereocenters. The predicted molar refractivity (Wildman–Crippen MR) is 128 cm³/mol. The van der Waals surface area contributed by atoms with Crippen molar-refractivity contribution in [2.45, 2.75) is 23.6 Å². The zero-order valence-corrected chi connectivity index (χ0v) is 21.5. The van der Waals surface area contributed by atoms with Crippen LogP contribution in [-0.2, 0) is 29.1 Å². The van der Waals surface area contributed by atoms with Crippen molar-refractivity contribution in [1.29, 1.82) is 0 Å². The molecule has 1 heterocycles. The fraction of sp³-hybridized carbons (Fsp3) is 0.300. The number of halogens is 3. The summed E-state index contributed by atoms with van der Waals surface area (Å²) in [5, 5.41) is 0.0781. The molecule has 0 aliphatic carbocycles. The number of hydrogen-bond donors (Lipinski definition) is 0. The molecule has 32 heavy (non-hydrogen) atoms. The maximum absolute atomic E-state index is 13.6. The Bertz CT molecular complexity index is 1130. The van der Waals surface area contributed by atoms with Crippen LogP contribution in [0, 0.1) is 3.57 Å². The van der Waals surface area contributed by atoms with E-state index in [2.05, 4.69) is 22.6 Å². The van der Waals surface area contributed by atoms with Crippen LogP contribution < -0.4 is 4.90 Å². The molecule has 12 heteroatoms. The van der Waals surface area contributed by atoms with E-state index in [4.69, 9.17) is 32.7 Å². The lowest BCUT2D eigenvalue weighted by Gasteiger charge is -2.29. The number of nitrogens with zero attached hydrogens (tertiary/aromatic N) is 2. The zero-order valence-electron chi connectivity index (χ0n) is 17.0. The summed E-state index contributed by atoms with van der Waals surface area (Å²) in [6, 6.07) is 9.42. The summed E-state index contributed by atoms with van der Waals surface area (Å²) in [6.07, 6.45) is -1.33. The van der Waals surface area contributed by atoms with E-state index in [0.29, 0.717) is 5.69 Å². The number of carbonyl (C=O) groups is 2. The van der Waals surface area contributed by atoms with Crippen molar-refractivity contribution >= 4 is 73.3 Å². The van der Waals surface area contributed by atoms with Crippen LogP contribution in [0.5, 0.6) is 0 Å². The molecule has 1 unspecified atom stereocenters. The van der Waals surface area contributed by atoms with Crippen LogP contribution in [0.4, 0.5) is 5.69 Å². The lowest BCUT2D eigenvalue weighted by atomic mass is 10.2. The van der Waals surface area contributed by atoms with Gasteiger partial charge in [-0.2, -0.15) is 4.31 Å². The first kappa shape index (κ1) is 25.3. The Kier molecular flexibility index (Phi) is 8.18. The lowest BCUT2D eigenvalue weighted by Crippen LogP contribution is -2.49. The van der Waals surface area contributed by atoms with Gasteiger partial charge >= 0.3 is 0 Å². The SMILES string of the molecule is COC(CN(C1CC(=O)N(c2ccc(I)cc2)C1=O)S(=O)(=O)c1cc(Cl)ccc1Cl)OC. The summed E-state index contributed by atoms with van der Waals surface area (Å²) < 4.78 is 39.3. The number of benzene rings is 2. The van der Waals surface area contributed by atoms with Crippen LogP contribution in [0.15, 0.2) is 47.4 Å². The van der Waals surface area contributed by atoms with Crippen molar-refractivity contribution < 1.29 is 27.5 Å². The Morgan fingerprint density at radius 2 is 1.75 bits per heavy atom. The summed E-state index contributed by atoms with van der Waals surface area (Å²) in [6.45, 7) is -0.345. The van der Waals surface area contributed by atoms with E-state index in [1.807, 2.05) is 0 Å². The highest BCUT2D eigenvalue weighted by Gasteiger charge is 2.48. The second-order valence-corrected chi connectivity index (χ2v) is 10.8. The third kappa shape index (κ3) is 5.11.